The van der Waals surface area contributed by atoms with Crippen LogP contribution in [-0.4, -0.2) is 55.5 Å². The minimum Gasteiger partial charge on any atom is -0.507 e. The van der Waals surface area contributed by atoms with Crippen LogP contribution in [0.3, 0.4) is 0 Å². The molecule has 2 fully saturated rings. The topological polar surface area (TPSA) is 79.1 Å². The number of phenols is 1. The number of piperidine rings is 2. The summed E-state index contributed by atoms with van der Waals surface area (Å²) in [6.07, 6.45) is 10.2. The number of phenolic OH excluding ortho intramolecular Hbond substituents is 1. The van der Waals surface area contributed by atoms with E-state index in [9.17, 15) is 5.11 Å². The maximum absolute atomic E-state index is 15.4. The van der Waals surface area contributed by atoms with Crippen LogP contribution in [0.1, 0.15) is 33.1 Å². The molecule has 2 bridgehead atoms. The molecule has 2 aliphatic rings. The van der Waals surface area contributed by atoms with Crippen LogP contribution in [0.15, 0.2) is 49.3 Å². The summed E-state index contributed by atoms with van der Waals surface area (Å²) in [5.41, 5.74) is 1.91. The van der Waals surface area contributed by atoms with Crippen molar-refractivity contribution in [2.45, 2.75) is 56.9 Å². The average Bonchev–Trinajstić information content (AvgIpc) is 3.30. The summed E-state index contributed by atoms with van der Waals surface area (Å²) in [4.78, 5) is 15.0. The van der Waals surface area contributed by atoms with E-state index < -0.39 is 6.17 Å². The van der Waals surface area contributed by atoms with Crippen molar-refractivity contribution in [1.82, 2.24) is 24.8 Å². The van der Waals surface area contributed by atoms with Gasteiger partial charge in [0.2, 0.25) is 0 Å². The highest BCUT2D eigenvalue weighted by Gasteiger charge is 2.49. The largest absolute Gasteiger partial charge is 0.507 e. The van der Waals surface area contributed by atoms with Crippen molar-refractivity contribution in [1.29, 1.82) is 0 Å². The van der Waals surface area contributed by atoms with Crippen LogP contribution >= 0.6 is 0 Å². The number of fused-ring (bicyclic) bond motifs is 2. The Morgan fingerprint density at radius 2 is 2.09 bits per heavy atom. The maximum atomic E-state index is 15.4. The zero-order valence-electron chi connectivity index (χ0n) is 18.6. The van der Waals surface area contributed by atoms with Crippen molar-refractivity contribution in [3.63, 3.8) is 0 Å². The molecule has 0 unspecified atom stereocenters. The fourth-order valence-electron chi connectivity index (χ4n) is 5.52. The van der Waals surface area contributed by atoms with Gasteiger partial charge in [-0.3, -0.25) is 4.98 Å². The highest BCUT2D eigenvalue weighted by atomic mass is 19.1. The Labute approximate surface area is 187 Å². The fraction of sp³-hybridized carbons (Fsp3) is 0.458. The number of benzene rings is 1. The molecule has 2 saturated heterocycles. The Kier molecular flexibility index (Phi) is 5.12. The summed E-state index contributed by atoms with van der Waals surface area (Å²) < 4.78 is 17.2. The number of imidazole rings is 1. The van der Waals surface area contributed by atoms with Crippen LogP contribution in [0.2, 0.25) is 0 Å². The zero-order chi connectivity index (χ0) is 22.5. The monoisotopic (exact) mass is 436 g/mol. The number of halogens is 1. The minimum absolute atomic E-state index is 0.0556. The van der Waals surface area contributed by atoms with Gasteiger partial charge in [0.05, 0.1) is 36.1 Å². The van der Waals surface area contributed by atoms with E-state index in [1.807, 2.05) is 34.8 Å². The van der Waals surface area contributed by atoms with Crippen molar-refractivity contribution in [2.75, 3.05) is 11.9 Å². The van der Waals surface area contributed by atoms with Gasteiger partial charge in [-0.05, 0) is 44.2 Å². The van der Waals surface area contributed by atoms with Gasteiger partial charge in [-0.2, -0.15) is 0 Å². The highest BCUT2D eigenvalue weighted by Crippen LogP contribution is 2.40. The summed E-state index contributed by atoms with van der Waals surface area (Å²) in [5.74, 6) is 1.28. The molecule has 0 radical (unpaired) electrons. The highest BCUT2D eigenvalue weighted by molar-refractivity contribution is 5.68. The molecule has 8 heteroatoms. The molecule has 32 heavy (non-hydrogen) atoms. The van der Waals surface area contributed by atoms with Gasteiger partial charge >= 0.3 is 0 Å². The zero-order valence-corrected chi connectivity index (χ0v) is 18.6. The number of anilines is 1. The van der Waals surface area contributed by atoms with Crippen molar-refractivity contribution in [2.24, 2.45) is 5.92 Å². The molecule has 4 heterocycles. The smallest absolute Gasteiger partial charge is 0.147 e. The molecular weight excluding hydrogens is 407 g/mol. The lowest BCUT2D eigenvalue weighted by molar-refractivity contribution is 0.0390. The number of rotatable bonds is 4. The molecule has 1 aromatic carbocycles. The molecule has 5 atom stereocenters. The van der Waals surface area contributed by atoms with Gasteiger partial charge in [-0.1, -0.05) is 6.92 Å². The molecule has 0 amide bonds. The van der Waals surface area contributed by atoms with Crippen LogP contribution in [0, 0.1) is 5.92 Å². The predicted octanol–water partition coefficient (Wildman–Crippen LogP) is 3.73. The van der Waals surface area contributed by atoms with Gasteiger partial charge in [0.1, 0.15) is 17.7 Å². The van der Waals surface area contributed by atoms with Crippen molar-refractivity contribution in [3.8, 4) is 22.7 Å². The Morgan fingerprint density at radius 1 is 1.25 bits per heavy atom. The van der Waals surface area contributed by atoms with Crippen molar-refractivity contribution >= 4 is 5.82 Å². The standard InChI is InChI=1S/C24H29FN6O/c1-15-8-18-23(25)20(11-24(2,10-15)29-18)30(3)22-13-27-19(12-28-22)17-5-4-16(9-21(17)32)31-7-6-26-14-31/h4-7,9,12-15,18,20,23,29,32H,8,10-11H2,1-3H3/t15-,18+,20-,23-,24-/m0/s1. The Morgan fingerprint density at radius 3 is 2.78 bits per heavy atom. The molecule has 0 aliphatic carbocycles. The molecular formula is C24H29FN6O. The van der Waals surface area contributed by atoms with Crippen molar-refractivity contribution in [3.05, 3.63) is 49.3 Å². The third-order valence-electron chi connectivity index (χ3n) is 6.96. The SMILES string of the molecule is C[C@H]1C[C@H]2N[C@@](C)(C1)C[C@H](N(C)c1cnc(-c3ccc(-n4ccnc4)cc3O)cn1)[C@H]2F. The van der Waals surface area contributed by atoms with Crippen LogP contribution in [-0.2, 0) is 0 Å². The van der Waals surface area contributed by atoms with E-state index in [1.165, 1.54) is 0 Å². The number of aromatic hydroxyl groups is 1. The molecule has 2 N–H and O–H groups in total. The maximum Gasteiger partial charge on any atom is 0.147 e. The summed E-state index contributed by atoms with van der Waals surface area (Å²) >= 11 is 0. The lowest BCUT2D eigenvalue weighted by Crippen LogP contribution is -2.67. The molecule has 168 valence electrons. The lowest BCUT2D eigenvalue weighted by Gasteiger charge is -2.53. The summed E-state index contributed by atoms with van der Waals surface area (Å²) in [7, 11) is 1.89. The van der Waals surface area contributed by atoms with Gasteiger partial charge in [0.15, 0.2) is 0 Å². The summed E-state index contributed by atoms with van der Waals surface area (Å²) in [5, 5.41) is 14.1. The van der Waals surface area contributed by atoms with E-state index in [0.717, 1.165) is 24.9 Å². The number of nitrogens with one attached hydrogen (secondary N) is 1. The number of nitrogens with zero attached hydrogens (tertiary/aromatic N) is 5. The van der Waals surface area contributed by atoms with Gasteiger partial charge in [-0.25, -0.2) is 14.4 Å². The van der Waals surface area contributed by atoms with Crippen LogP contribution < -0.4 is 10.2 Å². The van der Waals surface area contributed by atoms with Gasteiger partial charge in [0, 0.05) is 42.7 Å². The van der Waals surface area contributed by atoms with Crippen LogP contribution in [0.5, 0.6) is 5.75 Å². The minimum atomic E-state index is -0.961. The number of hydrogen-bond acceptors (Lipinski definition) is 6. The summed E-state index contributed by atoms with van der Waals surface area (Å²) in [6, 6.07) is 5.00. The fourth-order valence-corrected chi connectivity index (χ4v) is 5.52. The first-order valence-electron chi connectivity index (χ1n) is 11.1. The van der Waals surface area contributed by atoms with E-state index in [1.54, 1.807) is 31.0 Å². The number of aromatic nitrogens is 4. The van der Waals surface area contributed by atoms with Crippen LogP contribution in [0.25, 0.3) is 16.9 Å². The van der Waals surface area contributed by atoms with E-state index in [-0.39, 0.29) is 23.4 Å². The second-order valence-electron chi connectivity index (χ2n) is 9.61. The first-order chi connectivity index (χ1) is 15.3. The van der Waals surface area contributed by atoms with E-state index >= 15 is 4.39 Å². The summed E-state index contributed by atoms with van der Waals surface area (Å²) in [6.45, 7) is 4.41. The third kappa shape index (κ3) is 3.72. The second-order valence-corrected chi connectivity index (χ2v) is 9.61. The normalized spacial score (nSPS) is 29.6. The molecule has 2 aliphatic heterocycles. The Balaban J connectivity index is 1.36. The quantitative estimate of drug-likeness (QED) is 0.649. The molecule has 0 spiro atoms. The van der Waals surface area contributed by atoms with Crippen LogP contribution in [0.4, 0.5) is 10.2 Å². The lowest BCUT2D eigenvalue weighted by atomic mass is 9.70. The van der Waals surface area contributed by atoms with E-state index in [2.05, 4.69) is 34.1 Å². The predicted molar refractivity (Wildman–Crippen MR) is 122 cm³/mol. The van der Waals surface area contributed by atoms with E-state index in [4.69, 9.17) is 0 Å². The molecule has 3 aromatic rings. The van der Waals surface area contributed by atoms with Gasteiger partial charge in [-0.15, -0.1) is 0 Å². The molecule has 5 rings (SSSR count). The second kappa shape index (κ2) is 7.85. The third-order valence-corrected chi connectivity index (χ3v) is 6.96. The first-order valence-corrected chi connectivity index (χ1v) is 11.1. The Hall–Kier alpha value is -3.00. The first kappa shape index (κ1) is 20.9. The van der Waals surface area contributed by atoms with Gasteiger partial charge in [0.25, 0.3) is 0 Å². The van der Waals surface area contributed by atoms with Gasteiger partial charge < -0.3 is 19.9 Å². The average molecular weight is 437 g/mol. The molecule has 7 nitrogen and oxygen atoms in total. The number of alkyl halides is 1. The molecule has 0 saturated carbocycles. The van der Waals surface area contributed by atoms with Crippen molar-refractivity contribution < 1.29 is 9.50 Å². The molecule has 2 aromatic heterocycles. The van der Waals surface area contributed by atoms with E-state index in [0.29, 0.717) is 23.0 Å². The Bertz CT molecular complexity index is 1090. The number of hydrogen-bond donors (Lipinski definition) is 2.